The second-order valence-corrected chi connectivity index (χ2v) is 3.96. The average molecular weight is 175 g/mol. The molecule has 5 nitrogen and oxygen atoms in total. The summed E-state index contributed by atoms with van der Waals surface area (Å²) in [4.78, 5) is 6.61. The van der Waals surface area contributed by atoms with E-state index in [1.807, 2.05) is 0 Å². The maximum absolute atomic E-state index is 10.6. The predicted molar refractivity (Wildman–Crippen MR) is 40.3 cm³/mol. The topological polar surface area (TPSA) is 74.8 Å². The van der Waals surface area contributed by atoms with E-state index in [9.17, 15) is 8.42 Å². The quantitative estimate of drug-likeness (QED) is 0.647. The molecule has 1 heterocycles. The summed E-state index contributed by atoms with van der Waals surface area (Å²) in [6, 6.07) is 0. The van der Waals surface area contributed by atoms with Gasteiger partial charge in [-0.15, -0.1) is 0 Å². The van der Waals surface area contributed by atoms with Crippen molar-refractivity contribution in [2.45, 2.75) is 6.54 Å². The number of aromatic nitrogens is 2. The molecule has 0 aliphatic carbocycles. The van der Waals surface area contributed by atoms with Gasteiger partial charge in [0.25, 0.3) is 0 Å². The summed E-state index contributed by atoms with van der Waals surface area (Å²) in [6.07, 6.45) is 4.31. The first kappa shape index (κ1) is 8.22. The lowest BCUT2D eigenvalue weighted by molar-refractivity contribution is 0.586. The van der Waals surface area contributed by atoms with Crippen LogP contribution in [0.3, 0.4) is 0 Å². The Morgan fingerprint density at radius 1 is 1.73 bits per heavy atom. The Balaban J connectivity index is 2.48. The van der Waals surface area contributed by atoms with Crippen molar-refractivity contribution in [1.82, 2.24) is 14.7 Å². The summed E-state index contributed by atoms with van der Waals surface area (Å²) in [5.74, 6) is 0.607. The molecule has 2 N–H and O–H groups in total. The summed E-state index contributed by atoms with van der Waals surface area (Å²) in [7, 11) is -3.11. The van der Waals surface area contributed by atoms with Crippen molar-refractivity contribution in [3.63, 3.8) is 0 Å². The van der Waals surface area contributed by atoms with Gasteiger partial charge in [-0.1, -0.05) is 0 Å². The number of H-pyrrole nitrogens is 1. The minimum Gasteiger partial charge on any atom is -0.347 e. The smallest absolute Gasteiger partial charge is 0.209 e. The minimum atomic E-state index is -3.11. The van der Waals surface area contributed by atoms with E-state index in [0.29, 0.717) is 5.82 Å². The molecule has 6 heteroatoms. The molecular formula is C5H9N3O2S. The predicted octanol–water partition coefficient (Wildman–Crippen LogP) is -0.541. The van der Waals surface area contributed by atoms with Crippen LogP contribution in [0.25, 0.3) is 0 Å². The van der Waals surface area contributed by atoms with E-state index in [4.69, 9.17) is 0 Å². The molecule has 0 bridgehead atoms. The number of hydrogen-bond donors (Lipinski definition) is 2. The monoisotopic (exact) mass is 175 g/mol. The first-order chi connectivity index (χ1) is 5.08. The van der Waals surface area contributed by atoms with Gasteiger partial charge in [-0.25, -0.2) is 18.1 Å². The number of nitrogens with one attached hydrogen (secondary N) is 2. The van der Waals surface area contributed by atoms with E-state index in [1.165, 1.54) is 0 Å². The highest BCUT2D eigenvalue weighted by atomic mass is 32.2. The Morgan fingerprint density at radius 3 is 2.91 bits per heavy atom. The maximum atomic E-state index is 10.6. The Hall–Kier alpha value is -0.880. The van der Waals surface area contributed by atoms with Gasteiger partial charge in [-0.05, 0) is 0 Å². The first-order valence-electron chi connectivity index (χ1n) is 3.01. The van der Waals surface area contributed by atoms with Crippen molar-refractivity contribution in [1.29, 1.82) is 0 Å². The maximum Gasteiger partial charge on any atom is 0.209 e. The lowest BCUT2D eigenvalue weighted by atomic mass is 10.6. The zero-order valence-electron chi connectivity index (χ0n) is 6.03. The molecule has 0 fully saturated rings. The molecule has 1 aromatic rings. The molecule has 1 aromatic heterocycles. The van der Waals surface area contributed by atoms with Crippen molar-refractivity contribution in [3.05, 3.63) is 18.2 Å². The van der Waals surface area contributed by atoms with Gasteiger partial charge in [0.15, 0.2) is 0 Å². The summed E-state index contributed by atoms with van der Waals surface area (Å²) in [6.45, 7) is 0.214. The molecule has 0 unspecified atom stereocenters. The van der Waals surface area contributed by atoms with Gasteiger partial charge in [0.1, 0.15) is 5.82 Å². The highest BCUT2D eigenvalue weighted by molar-refractivity contribution is 7.88. The van der Waals surface area contributed by atoms with Crippen LogP contribution in [-0.2, 0) is 16.6 Å². The molecular weight excluding hydrogens is 166 g/mol. The van der Waals surface area contributed by atoms with E-state index in [2.05, 4.69) is 14.7 Å². The molecule has 0 atom stereocenters. The molecule has 0 aliphatic heterocycles. The fourth-order valence-electron chi connectivity index (χ4n) is 0.594. The minimum absolute atomic E-state index is 0.214. The standard InChI is InChI=1S/C5H9N3O2S/c1-11(9,10)8-4-5-6-2-3-7-5/h2-3,8H,4H2,1H3,(H,6,7). The third-order valence-electron chi connectivity index (χ3n) is 1.06. The number of imidazole rings is 1. The van der Waals surface area contributed by atoms with Gasteiger partial charge >= 0.3 is 0 Å². The Kier molecular flexibility index (Phi) is 2.25. The van der Waals surface area contributed by atoms with E-state index in [0.717, 1.165) is 6.26 Å². The lowest BCUT2D eigenvalue weighted by Gasteiger charge is -1.96. The Labute approximate surface area is 64.9 Å². The Morgan fingerprint density at radius 2 is 2.45 bits per heavy atom. The van der Waals surface area contributed by atoms with Crippen LogP contribution in [0.1, 0.15) is 5.82 Å². The fraction of sp³-hybridized carbons (Fsp3) is 0.400. The van der Waals surface area contributed by atoms with Gasteiger partial charge in [-0.3, -0.25) is 0 Å². The SMILES string of the molecule is CS(=O)(=O)NCc1ncc[nH]1. The van der Waals surface area contributed by atoms with Crippen LogP contribution in [0, 0.1) is 0 Å². The number of nitrogens with zero attached hydrogens (tertiary/aromatic N) is 1. The first-order valence-corrected chi connectivity index (χ1v) is 4.90. The van der Waals surface area contributed by atoms with Gasteiger partial charge in [0.05, 0.1) is 12.8 Å². The molecule has 0 spiro atoms. The van der Waals surface area contributed by atoms with Crippen molar-refractivity contribution in [2.24, 2.45) is 0 Å². The average Bonchev–Trinajstić information content (AvgIpc) is 2.32. The highest BCUT2D eigenvalue weighted by Gasteiger charge is 2.00. The number of sulfonamides is 1. The van der Waals surface area contributed by atoms with Crippen LogP contribution < -0.4 is 4.72 Å². The van der Waals surface area contributed by atoms with Crippen LogP contribution in [-0.4, -0.2) is 24.6 Å². The van der Waals surface area contributed by atoms with E-state index < -0.39 is 10.0 Å². The zero-order chi connectivity index (χ0) is 8.32. The van der Waals surface area contributed by atoms with Gasteiger partial charge in [-0.2, -0.15) is 0 Å². The van der Waals surface area contributed by atoms with Gasteiger partial charge < -0.3 is 4.98 Å². The normalized spacial score (nSPS) is 11.7. The summed E-state index contributed by atoms with van der Waals surface area (Å²) in [5.41, 5.74) is 0. The molecule has 0 radical (unpaired) electrons. The highest BCUT2D eigenvalue weighted by Crippen LogP contribution is 1.87. The number of aromatic amines is 1. The summed E-state index contributed by atoms with van der Waals surface area (Å²) >= 11 is 0. The molecule has 0 saturated carbocycles. The second kappa shape index (κ2) is 3.02. The molecule has 1 rings (SSSR count). The zero-order valence-corrected chi connectivity index (χ0v) is 6.85. The van der Waals surface area contributed by atoms with Crippen LogP contribution in [0.4, 0.5) is 0 Å². The van der Waals surface area contributed by atoms with E-state index in [-0.39, 0.29) is 6.54 Å². The lowest BCUT2D eigenvalue weighted by Crippen LogP contribution is -2.21. The van der Waals surface area contributed by atoms with E-state index >= 15 is 0 Å². The second-order valence-electron chi connectivity index (χ2n) is 2.13. The van der Waals surface area contributed by atoms with Gasteiger partial charge in [0.2, 0.25) is 10.0 Å². The largest absolute Gasteiger partial charge is 0.347 e. The van der Waals surface area contributed by atoms with Crippen LogP contribution in [0.5, 0.6) is 0 Å². The molecule has 0 aliphatic rings. The van der Waals surface area contributed by atoms with Crippen molar-refractivity contribution >= 4 is 10.0 Å². The van der Waals surface area contributed by atoms with Crippen molar-refractivity contribution in [2.75, 3.05) is 6.26 Å². The van der Waals surface area contributed by atoms with Crippen molar-refractivity contribution in [3.8, 4) is 0 Å². The molecule has 62 valence electrons. The summed E-state index contributed by atoms with van der Waals surface area (Å²) in [5, 5.41) is 0. The van der Waals surface area contributed by atoms with Crippen molar-refractivity contribution < 1.29 is 8.42 Å². The van der Waals surface area contributed by atoms with Crippen LogP contribution in [0.15, 0.2) is 12.4 Å². The van der Waals surface area contributed by atoms with Gasteiger partial charge in [0, 0.05) is 12.4 Å². The van der Waals surface area contributed by atoms with Crippen LogP contribution in [0.2, 0.25) is 0 Å². The summed E-state index contributed by atoms with van der Waals surface area (Å²) < 4.78 is 23.5. The molecule has 0 aromatic carbocycles. The third kappa shape index (κ3) is 3.15. The van der Waals surface area contributed by atoms with E-state index in [1.54, 1.807) is 12.4 Å². The third-order valence-corrected chi connectivity index (χ3v) is 1.73. The Bertz CT molecular complexity index is 302. The van der Waals surface area contributed by atoms with Crippen LogP contribution >= 0.6 is 0 Å². The number of hydrogen-bond acceptors (Lipinski definition) is 3. The molecule has 11 heavy (non-hydrogen) atoms. The molecule has 0 amide bonds. The fourth-order valence-corrected chi connectivity index (χ4v) is 0.993. The molecule has 0 saturated heterocycles. The number of rotatable bonds is 3.